The molecule has 0 radical (unpaired) electrons. The van der Waals surface area contributed by atoms with Gasteiger partial charge in [-0.25, -0.2) is 9.59 Å². The molecule has 138 valence electrons. The summed E-state index contributed by atoms with van der Waals surface area (Å²) in [7, 11) is 0. The van der Waals surface area contributed by atoms with Gasteiger partial charge in [-0.3, -0.25) is 9.59 Å². The highest BCUT2D eigenvalue weighted by Crippen LogP contribution is 2.48. The van der Waals surface area contributed by atoms with Gasteiger partial charge in [-0.2, -0.15) is 0 Å². The number of aliphatic carboxylic acids is 4. The average Bonchev–Trinajstić information content (AvgIpc) is 2.57. The summed E-state index contributed by atoms with van der Waals surface area (Å²) in [6.45, 7) is 0. The van der Waals surface area contributed by atoms with Crippen LogP contribution in [0.5, 0.6) is 0 Å². The van der Waals surface area contributed by atoms with Gasteiger partial charge in [-0.15, -0.1) is 0 Å². The van der Waals surface area contributed by atoms with Crippen molar-refractivity contribution >= 4 is 23.9 Å². The summed E-state index contributed by atoms with van der Waals surface area (Å²) in [6.07, 6.45) is 3.97. The Kier molecular flexibility index (Phi) is 4.43. The Labute approximate surface area is 148 Å². The van der Waals surface area contributed by atoms with Gasteiger partial charge in [0.05, 0.1) is 23.0 Å². The fraction of sp³-hybridized carbons (Fsp3) is 0.444. The Bertz CT molecular complexity index is 800. The second kappa shape index (κ2) is 6.44. The minimum Gasteiger partial charge on any atom is -0.481 e. The maximum absolute atomic E-state index is 11.4. The van der Waals surface area contributed by atoms with E-state index in [9.17, 15) is 39.6 Å². The van der Waals surface area contributed by atoms with E-state index in [0.717, 1.165) is 5.57 Å². The van der Waals surface area contributed by atoms with Gasteiger partial charge in [0.1, 0.15) is 0 Å². The third-order valence-corrected chi connectivity index (χ3v) is 5.61. The van der Waals surface area contributed by atoms with Gasteiger partial charge in [0.2, 0.25) is 0 Å². The van der Waals surface area contributed by atoms with Crippen LogP contribution in [-0.2, 0) is 19.2 Å². The SMILES string of the molecule is O=C(O)C1=C(C(=O)O)CC2CC3CC(C(=O)O)C(C(=O)O)CC3=CC2=C1. The second-order valence-electron chi connectivity index (χ2n) is 7.03. The maximum atomic E-state index is 11.4. The third-order valence-electron chi connectivity index (χ3n) is 5.61. The van der Waals surface area contributed by atoms with Crippen LogP contribution in [0.4, 0.5) is 0 Å². The van der Waals surface area contributed by atoms with Crippen LogP contribution in [0.1, 0.15) is 25.7 Å². The van der Waals surface area contributed by atoms with Crippen LogP contribution < -0.4 is 0 Å². The topological polar surface area (TPSA) is 149 Å². The van der Waals surface area contributed by atoms with E-state index in [1.807, 2.05) is 0 Å². The molecule has 0 aromatic rings. The molecule has 3 rings (SSSR count). The van der Waals surface area contributed by atoms with Gasteiger partial charge in [-0.05, 0) is 49.2 Å². The molecule has 1 fully saturated rings. The molecule has 1 saturated carbocycles. The largest absolute Gasteiger partial charge is 0.481 e. The molecule has 0 heterocycles. The summed E-state index contributed by atoms with van der Waals surface area (Å²) in [6, 6.07) is 0. The van der Waals surface area contributed by atoms with Gasteiger partial charge in [0.15, 0.2) is 0 Å². The molecular formula is C18H18O8. The van der Waals surface area contributed by atoms with E-state index < -0.39 is 35.7 Å². The maximum Gasteiger partial charge on any atom is 0.336 e. The zero-order valence-electron chi connectivity index (χ0n) is 13.7. The minimum atomic E-state index is -1.31. The van der Waals surface area contributed by atoms with Crippen molar-refractivity contribution < 1.29 is 39.6 Å². The number of hydrogen-bond acceptors (Lipinski definition) is 4. The van der Waals surface area contributed by atoms with E-state index in [1.54, 1.807) is 6.08 Å². The number of fused-ring (bicyclic) bond motifs is 2. The van der Waals surface area contributed by atoms with Gasteiger partial charge in [-0.1, -0.05) is 11.6 Å². The van der Waals surface area contributed by atoms with Crippen molar-refractivity contribution in [3.8, 4) is 0 Å². The number of carbonyl (C=O) groups is 4. The summed E-state index contributed by atoms with van der Waals surface area (Å²) >= 11 is 0. The van der Waals surface area contributed by atoms with Crippen molar-refractivity contribution in [2.75, 3.05) is 0 Å². The molecule has 0 bridgehead atoms. The normalized spacial score (nSPS) is 30.5. The first-order chi connectivity index (χ1) is 12.2. The molecule has 0 aromatic carbocycles. The Hall–Kier alpha value is -2.90. The minimum absolute atomic E-state index is 0.0726. The fourth-order valence-corrected chi connectivity index (χ4v) is 4.32. The standard InChI is InChI=1S/C18H18O8/c19-15(20)11-3-7-1-8-4-12(16(21)22)14(18(25)26)6-10(8)2-9(7)5-13(11)17(23)24/h1,3,9-10,12,14H,2,4-6H2,(H,19,20)(H,21,22)(H,23,24)(H,25,26). The molecule has 8 heteroatoms. The molecule has 0 aliphatic heterocycles. The van der Waals surface area contributed by atoms with E-state index in [2.05, 4.69) is 0 Å². The van der Waals surface area contributed by atoms with Gasteiger partial charge in [0, 0.05) is 0 Å². The molecule has 3 aliphatic carbocycles. The molecule has 8 nitrogen and oxygen atoms in total. The van der Waals surface area contributed by atoms with Crippen molar-refractivity contribution in [1.82, 2.24) is 0 Å². The predicted molar refractivity (Wildman–Crippen MR) is 86.2 cm³/mol. The van der Waals surface area contributed by atoms with Crippen molar-refractivity contribution in [1.29, 1.82) is 0 Å². The summed E-state index contributed by atoms with van der Waals surface area (Å²) in [4.78, 5) is 45.6. The zero-order chi connectivity index (χ0) is 19.2. The van der Waals surface area contributed by atoms with E-state index >= 15 is 0 Å². The average molecular weight is 362 g/mol. The van der Waals surface area contributed by atoms with Crippen LogP contribution in [0.15, 0.2) is 34.4 Å². The van der Waals surface area contributed by atoms with E-state index in [-0.39, 0.29) is 42.2 Å². The van der Waals surface area contributed by atoms with Crippen molar-refractivity contribution in [3.05, 3.63) is 34.4 Å². The van der Waals surface area contributed by atoms with E-state index in [0.29, 0.717) is 12.0 Å². The molecule has 0 amide bonds. The van der Waals surface area contributed by atoms with Crippen LogP contribution in [0.3, 0.4) is 0 Å². The molecule has 4 N–H and O–H groups in total. The van der Waals surface area contributed by atoms with Gasteiger partial charge < -0.3 is 20.4 Å². The van der Waals surface area contributed by atoms with Crippen LogP contribution in [0.25, 0.3) is 0 Å². The quantitative estimate of drug-likeness (QED) is 0.588. The first-order valence-corrected chi connectivity index (χ1v) is 8.26. The monoisotopic (exact) mass is 362 g/mol. The highest BCUT2D eigenvalue weighted by molar-refractivity contribution is 6.01. The lowest BCUT2D eigenvalue weighted by molar-refractivity contribution is -0.155. The van der Waals surface area contributed by atoms with Crippen LogP contribution >= 0.6 is 0 Å². The zero-order valence-corrected chi connectivity index (χ0v) is 13.7. The summed E-state index contributed by atoms with van der Waals surface area (Å²) < 4.78 is 0. The molecular weight excluding hydrogens is 344 g/mol. The lowest BCUT2D eigenvalue weighted by Crippen LogP contribution is -2.38. The lowest BCUT2D eigenvalue weighted by atomic mass is 9.63. The van der Waals surface area contributed by atoms with Crippen molar-refractivity contribution in [3.63, 3.8) is 0 Å². The third kappa shape index (κ3) is 3.02. The van der Waals surface area contributed by atoms with Crippen LogP contribution in [0.2, 0.25) is 0 Å². The molecule has 26 heavy (non-hydrogen) atoms. The fourth-order valence-electron chi connectivity index (χ4n) is 4.32. The first-order valence-electron chi connectivity index (χ1n) is 8.26. The Balaban J connectivity index is 1.98. The van der Waals surface area contributed by atoms with Crippen molar-refractivity contribution in [2.24, 2.45) is 23.7 Å². The number of hydrogen-bond donors (Lipinski definition) is 4. The lowest BCUT2D eigenvalue weighted by Gasteiger charge is -2.40. The van der Waals surface area contributed by atoms with E-state index in [1.165, 1.54) is 6.08 Å². The summed E-state index contributed by atoms with van der Waals surface area (Å²) in [5, 5.41) is 37.2. The molecule has 0 spiro atoms. The van der Waals surface area contributed by atoms with Crippen molar-refractivity contribution in [2.45, 2.75) is 25.7 Å². The molecule has 3 aliphatic rings. The predicted octanol–water partition coefficient (Wildman–Crippen LogP) is 1.54. The summed E-state index contributed by atoms with van der Waals surface area (Å²) in [5.74, 6) is -7.20. The second-order valence-corrected chi connectivity index (χ2v) is 7.03. The Morgan fingerprint density at radius 2 is 1.42 bits per heavy atom. The Morgan fingerprint density at radius 3 is 1.96 bits per heavy atom. The number of rotatable bonds is 4. The number of carboxylic acids is 4. The molecule has 4 atom stereocenters. The molecule has 4 unspecified atom stereocenters. The first kappa shape index (κ1) is 17.9. The summed E-state index contributed by atoms with van der Waals surface area (Å²) in [5.41, 5.74) is 1.07. The van der Waals surface area contributed by atoms with Crippen LogP contribution in [0, 0.1) is 23.7 Å². The van der Waals surface area contributed by atoms with E-state index in [4.69, 9.17) is 0 Å². The van der Waals surface area contributed by atoms with Crippen LogP contribution in [-0.4, -0.2) is 44.3 Å². The van der Waals surface area contributed by atoms with Gasteiger partial charge in [0.25, 0.3) is 0 Å². The molecule has 0 aromatic heterocycles. The molecule has 0 saturated heterocycles. The number of carboxylic acid groups (broad SMARTS) is 4. The number of allylic oxidation sites excluding steroid dienone is 3. The smallest absolute Gasteiger partial charge is 0.336 e. The Morgan fingerprint density at radius 1 is 0.769 bits per heavy atom. The highest BCUT2D eigenvalue weighted by Gasteiger charge is 2.44. The van der Waals surface area contributed by atoms with Gasteiger partial charge >= 0.3 is 23.9 Å². The highest BCUT2D eigenvalue weighted by atomic mass is 16.4.